The van der Waals surface area contributed by atoms with E-state index in [0.29, 0.717) is 28.1 Å². The van der Waals surface area contributed by atoms with Crippen molar-refractivity contribution >= 4 is 39.1 Å². The standard InChI is InChI=1S/C27H32N2O6S2/c1-5-28(6-2)22-13-9-20(10-14-22)27(21-11-15-23(16-12-21)29(7-3)8-4)25-18-17-24(36-35-34-30)19-26(25)37(31,32)33/h9-19H,5-8H2,1-4H3,(H-,30,31,32,33)/p+1. The van der Waals surface area contributed by atoms with Crippen LogP contribution >= 0.6 is 12.0 Å². The third-order valence-electron chi connectivity index (χ3n) is 6.23. The third-order valence-corrected chi connectivity index (χ3v) is 7.70. The van der Waals surface area contributed by atoms with Gasteiger partial charge in [-0.05, 0) is 80.8 Å². The molecule has 37 heavy (non-hydrogen) atoms. The molecule has 1 aliphatic carbocycles. The lowest BCUT2D eigenvalue weighted by Crippen LogP contribution is -2.21. The second-order valence-corrected chi connectivity index (χ2v) is 10.3. The van der Waals surface area contributed by atoms with Crippen molar-refractivity contribution in [2.24, 2.45) is 0 Å². The van der Waals surface area contributed by atoms with Crippen LogP contribution in [0.4, 0.5) is 5.69 Å². The fourth-order valence-corrected chi connectivity index (χ4v) is 5.56. The number of nitrogens with zero attached hydrogens (tertiary/aromatic N) is 2. The molecule has 0 saturated heterocycles. The summed E-state index contributed by atoms with van der Waals surface area (Å²) in [7, 11) is -4.61. The van der Waals surface area contributed by atoms with Gasteiger partial charge >= 0.3 is 0 Å². The number of rotatable bonds is 11. The average molecular weight is 546 g/mol. The number of anilines is 1. The normalized spacial score (nSPS) is 13.2. The highest BCUT2D eigenvalue weighted by atomic mass is 32.2. The van der Waals surface area contributed by atoms with Crippen LogP contribution in [-0.2, 0) is 19.5 Å². The van der Waals surface area contributed by atoms with E-state index in [-0.39, 0.29) is 4.90 Å². The van der Waals surface area contributed by atoms with E-state index in [9.17, 15) is 13.0 Å². The molecule has 0 unspecified atom stereocenters. The predicted octanol–water partition coefficient (Wildman–Crippen LogP) is 5.63. The molecule has 0 amide bonds. The Balaban J connectivity index is 2.25. The van der Waals surface area contributed by atoms with Gasteiger partial charge < -0.3 is 4.90 Å². The van der Waals surface area contributed by atoms with Gasteiger partial charge in [-0.2, -0.15) is 8.42 Å². The molecule has 2 N–H and O–H groups in total. The Morgan fingerprint density at radius 2 is 1.57 bits per heavy atom. The molecule has 1 aliphatic rings. The van der Waals surface area contributed by atoms with Crippen LogP contribution in [0.25, 0.3) is 5.57 Å². The van der Waals surface area contributed by atoms with Crippen molar-refractivity contribution in [3.05, 3.63) is 83.5 Å². The minimum absolute atomic E-state index is 0.283. The van der Waals surface area contributed by atoms with E-state index in [1.165, 1.54) is 6.07 Å². The molecule has 0 heterocycles. The van der Waals surface area contributed by atoms with Gasteiger partial charge in [-0.15, -0.1) is 4.33 Å². The summed E-state index contributed by atoms with van der Waals surface area (Å²) in [5.41, 5.74) is 4.71. The Kier molecular flexibility index (Phi) is 10.3. The van der Waals surface area contributed by atoms with Gasteiger partial charge in [-0.1, -0.05) is 23.2 Å². The molecular formula is C27H33N2O6S2+. The summed E-state index contributed by atoms with van der Waals surface area (Å²) in [6.07, 6.45) is 7.94. The number of allylic oxidation sites excluding steroid dienone is 5. The molecule has 0 aliphatic heterocycles. The van der Waals surface area contributed by atoms with Crippen molar-refractivity contribution in [1.82, 2.24) is 0 Å². The highest BCUT2D eigenvalue weighted by molar-refractivity contribution is 7.94. The molecule has 10 heteroatoms. The first kappa shape index (κ1) is 28.8. The number of hydrogen-bond donors (Lipinski definition) is 2. The zero-order valence-corrected chi connectivity index (χ0v) is 23.1. The molecule has 0 spiro atoms. The van der Waals surface area contributed by atoms with Crippen molar-refractivity contribution in [2.75, 3.05) is 31.1 Å². The maximum absolute atomic E-state index is 12.5. The van der Waals surface area contributed by atoms with Gasteiger partial charge in [0.2, 0.25) is 0 Å². The van der Waals surface area contributed by atoms with Crippen molar-refractivity contribution in [3.63, 3.8) is 0 Å². The van der Waals surface area contributed by atoms with Crippen molar-refractivity contribution < 1.29 is 32.2 Å². The lowest BCUT2D eigenvalue weighted by molar-refractivity contribution is -0.519. The van der Waals surface area contributed by atoms with Crippen molar-refractivity contribution in [3.8, 4) is 0 Å². The Morgan fingerprint density at radius 3 is 2.08 bits per heavy atom. The lowest BCUT2D eigenvalue weighted by Gasteiger charge is -2.22. The van der Waals surface area contributed by atoms with Crippen LogP contribution in [0.2, 0.25) is 0 Å². The first-order valence-corrected chi connectivity index (χ1v) is 14.3. The minimum Gasteiger partial charge on any atom is -0.372 e. The van der Waals surface area contributed by atoms with Crippen molar-refractivity contribution in [2.45, 2.75) is 37.5 Å². The second kappa shape index (κ2) is 13.2. The lowest BCUT2D eigenvalue weighted by atomic mass is 9.90. The van der Waals surface area contributed by atoms with Crippen LogP contribution in [0.15, 0.2) is 82.1 Å². The smallest absolute Gasteiger partial charge is 0.295 e. The van der Waals surface area contributed by atoms with Gasteiger partial charge in [-0.3, -0.25) is 4.55 Å². The van der Waals surface area contributed by atoms with E-state index in [1.54, 1.807) is 12.1 Å². The van der Waals surface area contributed by atoms with Crippen LogP contribution in [-0.4, -0.2) is 54.7 Å². The minimum atomic E-state index is -4.61. The van der Waals surface area contributed by atoms with E-state index in [4.69, 9.17) is 5.26 Å². The summed E-state index contributed by atoms with van der Waals surface area (Å²) < 4.78 is 41.8. The molecule has 0 bridgehead atoms. The molecule has 2 aromatic rings. The Bertz CT molecular complexity index is 1300. The van der Waals surface area contributed by atoms with E-state index in [0.717, 1.165) is 48.7 Å². The first-order valence-electron chi connectivity index (χ1n) is 12.1. The monoisotopic (exact) mass is 545 g/mol. The van der Waals surface area contributed by atoms with Gasteiger partial charge in [0, 0.05) is 41.4 Å². The molecule has 198 valence electrons. The Morgan fingerprint density at radius 1 is 0.946 bits per heavy atom. The quantitative estimate of drug-likeness (QED) is 0.123. The maximum Gasteiger partial charge on any atom is 0.295 e. The van der Waals surface area contributed by atoms with Crippen molar-refractivity contribution in [1.29, 1.82) is 0 Å². The highest BCUT2D eigenvalue weighted by Gasteiger charge is 2.23. The number of hydrogen-bond acceptors (Lipinski definition) is 7. The van der Waals surface area contributed by atoms with E-state index in [2.05, 4.69) is 46.5 Å². The van der Waals surface area contributed by atoms with Crippen LogP contribution in [0, 0.1) is 0 Å². The maximum atomic E-state index is 12.5. The molecule has 0 fully saturated rings. The van der Waals surface area contributed by atoms with Gasteiger partial charge in [0.05, 0.1) is 12.0 Å². The molecule has 2 aromatic carbocycles. The molecule has 0 saturated carbocycles. The van der Waals surface area contributed by atoms with Crippen LogP contribution in [0.1, 0.15) is 38.8 Å². The van der Waals surface area contributed by atoms with Gasteiger partial charge in [0.25, 0.3) is 10.1 Å². The third kappa shape index (κ3) is 6.98. The summed E-state index contributed by atoms with van der Waals surface area (Å²) in [6.45, 7) is 11.8. The van der Waals surface area contributed by atoms with Gasteiger partial charge in [0.15, 0.2) is 5.71 Å². The molecule has 3 rings (SSSR count). The van der Waals surface area contributed by atoms with E-state index in [1.807, 2.05) is 48.6 Å². The summed E-state index contributed by atoms with van der Waals surface area (Å²) in [6, 6.07) is 12.5. The van der Waals surface area contributed by atoms with Crippen LogP contribution < -0.4 is 4.90 Å². The largest absolute Gasteiger partial charge is 0.372 e. The average Bonchev–Trinajstić information content (AvgIpc) is 2.90. The van der Waals surface area contributed by atoms with E-state index < -0.39 is 10.1 Å². The zero-order chi connectivity index (χ0) is 27.0. The molecule has 0 radical (unpaired) electrons. The first-order chi connectivity index (χ1) is 17.8. The Hall–Kier alpha value is -2.73. The summed E-state index contributed by atoms with van der Waals surface area (Å²) >= 11 is 0.615. The molecule has 0 aromatic heterocycles. The van der Waals surface area contributed by atoms with Gasteiger partial charge in [0.1, 0.15) is 18.0 Å². The fraction of sp³-hybridized carbons (Fsp3) is 0.296. The van der Waals surface area contributed by atoms with Crippen LogP contribution in [0.3, 0.4) is 0 Å². The zero-order valence-electron chi connectivity index (χ0n) is 21.4. The molecule has 8 nitrogen and oxygen atoms in total. The fourth-order valence-electron chi connectivity index (χ4n) is 4.36. The summed E-state index contributed by atoms with van der Waals surface area (Å²) in [4.78, 5) is 2.26. The number of benzene rings is 2. The van der Waals surface area contributed by atoms with Gasteiger partial charge in [-0.25, -0.2) is 9.83 Å². The van der Waals surface area contributed by atoms with Crippen LogP contribution in [0.5, 0.6) is 0 Å². The SMILES string of the molecule is CCN(CC)c1ccc(C(=C2C=CC(=[N+](CC)CC)C=C2)c2ccc(SOOO)cc2S(=O)(=O)O)cc1. The molecular weight excluding hydrogens is 512 g/mol. The topological polar surface area (TPSA) is 99.3 Å². The summed E-state index contributed by atoms with van der Waals surface area (Å²) in [5.74, 6) is 0. The van der Waals surface area contributed by atoms with E-state index >= 15 is 0 Å². The summed E-state index contributed by atoms with van der Waals surface area (Å²) in [5, 5.41) is 12.1. The predicted molar refractivity (Wildman–Crippen MR) is 148 cm³/mol. The second-order valence-electron chi connectivity index (χ2n) is 8.17. The molecule has 0 atom stereocenters. The highest BCUT2D eigenvalue weighted by Crippen LogP contribution is 2.36. The Labute approximate surface area is 223 Å².